The van der Waals surface area contributed by atoms with Crippen LogP contribution in [0.25, 0.3) is 0 Å². The molecule has 0 amide bonds. The number of hydrogen-bond donors (Lipinski definition) is 0. The Labute approximate surface area is 162 Å². The fourth-order valence-corrected chi connectivity index (χ4v) is 5.54. The molecule has 7 nitrogen and oxygen atoms in total. The second-order valence-electron chi connectivity index (χ2n) is 5.97. The topological polar surface area (TPSA) is 97.2 Å². The molecule has 0 aromatic heterocycles. The van der Waals surface area contributed by atoms with Gasteiger partial charge in [-0.05, 0) is 55.4 Å². The van der Waals surface area contributed by atoms with Crippen molar-refractivity contribution >= 4 is 26.8 Å². The van der Waals surface area contributed by atoms with Gasteiger partial charge < -0.3 is 19.3 Å². The maximum atomic E-state index is 12.8. The van der Waals surface area contributed by atoms with Crippen molar-refractivity contribution < 1.29 is 27.7 Å². The Bertz CT molecular complexity index is 947. The van der Waals surface area contributed by atoms with Gasteiger partial charge in [-0.15, -0.1) is 0 Å². The SMILES string of the molecule is COC([O-])=C1C(=NS(=O)(=O)c2ccc(OC)c(OC)c2)SC2=C1CCCC2. The van der Waals surface area contributed by atoms with Crippen LogP contribution in [0.15, 0.2) is 49.5 Å². The van der Waals surface area contributed by atoms with Gasteiger partial charge in [0.05, 0.1) is 25.1 Å². The van der Waals surface area contributed by atoms with E-state index < -0.39 is 16.0 Å². The average Bonchev–Trinajstić information content (AvgIpc) is 3.03. The standard InChI is InChI=1S/C18H21NO6S2/c1-23-13-9-8-11(10-14(13)24-2)27(21,22)19-17-16(18(20)25-3)12-6-4-5-7-15(12)26-17/h8-10,20H,4-7H2,1-3H3/p-1. The average molecular weight is 410 g/mol. The van der Waals surface area contributed by atoms with Crippen LogP contribution < -0.4 is 14.6 Å². The third kappa shape index (κ3) is 3.79. The van der Waals surface area contributed by atoms with Gasteiger partial charge in [0.25, 0.3) is 10.0 Å². The molecule has 0 spiro atoms. The molecule has 146 valence electrons. The first-order valence-electron chi connectivity index (χ1n) is 8.34. The maximum Gasteiger partial charge on any atom is 0.283 e. The predicted octanol–water partition coefficient (Wildman–Crippen LogP) is 2.58. The molecule has 0 radical (unpaired) electrons. The molecule has 1 aliphatic carbocycles. The first-order valence-corrected chi connectivity index (χ1v) is 10.6. The lowest BCUT2D eigenvalue weighted by Gasteiger charge is -2.17. The summed E-state index contributed by atoms with van der Waals surface area (Å²) in [5.74, 6) is 0.140. The molecular weight excluding hydrogens is 390 g/mol. The monoisotopic (exact) mass is 410 g/mol. The van der Waals surface area contributed by atoms with Gasteiger partial charge in [0.2, 0.25) is 0 Å². The van der Waals surface area contributed by atoms with E-state index in [0.29, 0.717) is 5.75 Å². The van der Waals surface area contributed by atoms with Crippen LogP contribution in [0, 0.1) is 0 Å². The van der Waals surface area contributed by atoms with Crippen LogP contribution in [0.2, 0.25) is 0 Å². The van der Waals surface area contributed by atoms with Crippen LogP contribution in [0.3, 0.4) is 0 Å². The van der Waals surface area contributed by atoms with Gasteiger partial charge in [-0.2, -0.15) is 12.8 Å². The second-order valence-corrected chi connectivity index (χ2v) is 8.65. The Kier molecular flexibility index (Phi) is 5.71. The molecule has 0 unspecified atom stereocenters. The number of allylic oxidation sites excluding steroid dienone is 2. The van der Waals surface area contributed by atoms with E-state index in [-0.39, 0.29) is 21.3 Å². The fraction of sp³-hybridized carbons (Fsp3) is 0.389. The molecule has 27 heavy (non-hydrogen) atoms. The summed E-state index contributed by atoms with van der Waals surface area (Å²) in [6.45, 7) is 0. The van der Waals surface area contributed by atoms with Crippen molar-refractivity contribution in [3.63, 3.8) is 0 Å². The Morgan fingerprint density at radius 2 is 1.81 bits per heavy atom. The van der Waals surface area contributed by atoms with E-state index in [0.717, 1.165) is 36.2 Å². The van der Waals surface area contributed by atoms with Gasteiger partial charge >= 0.3 is 0 Å². The molecule has 0 bridgehead atoms. The minimum Gasteiger partial charge on any atom is -0.616 e. The van der Waals surface area contributed by atoms with Crippen LogP contribution in [0.4, 0.5) is 0 Å². The summed E-state index contributed by atoms with van der Waals surface area (Å²) >= 11 is 1.24. The van der Waals surface area contributed by atoms with Crippen LogP contribution >= 0.6 is 11.8 Å². The Balaban J connectivity index is 2.05. The van der Waals surface area contributed by atoms with Crippen molar-refractivity contribution in [3.05, 3.63) is 40.2 Å². The summed E-state index contributed by atoms with van der Waals surface area (Å²) in [4.78, 5) is 0.963. The van der Waals surface area contributed by atoms with Crippen LogP contribution in [0.5, 0.6) is 11.5 Å². The Morgan fingerprint density at radius 3 is 2.48 bits per heavy atom. The highest BCUT2D eigenvalue weighted by Crippen LogP contribution is 2.47. The van der Waals surface area contributed by atoms with Gasteiger partial charge in [-0.3, -0.25) is 0 Å². The van der Waals surface area contributed by atoms with Gasteiger partial charge in [-0.1, -0.05) is 11.8 Å². The molecule has 1 aromatic rings. The summed E-state index contributed by atoms with van der Waals surface area (Å²) < 4.78 is 44.8. The van der Waals surface area contributed by atoms with Gasteiger partial charge in [0.15, 0.2) is 11.5 Å². The molecule has 0 N–H and O–H groups in total. The number of rotatable bonds is 5. The molecule has 1 aliphatic heterocycles. The third-order valence-corrected chi connectivity index (χ3v) is 6.97. The number of ether oxygens (including phenoxy) is 3. The summed E-state index contributed by atoms with van der Waals surface area (Å²) in [6.07, 6.45) is 3.50. The van der Waals surface area contributed by atoms with Crippen molar-refractivity contribution in [1.29, 1.82) is 0 Å². The number of methoxy groups -OCH3 is 3. The molecule has 0 saturated heterocycles. The normalized spacial score (nSPS) is 20.5. The summed E-state index contributed by atoms with van der Waals surface area (Å²) in [5.41, 5.74) is 1.13. The fourth-order valence-electron chi connectivity index (χ4n) is 3.07. The lowest BCUT2D eigenvalue weighted by molar-refractivity contribution is -0.354. The van der Waals surface area contributed by atoms with Crippen LogP contribution in [0.1, 0.15) is 25.7 Å². The minimum atomic E-state index is -4.04. The quantitative estimate of drug-likeness (QED) is 0.688. The molecule has 0 fully saturated rings. The minimum absolute atomic E-state index is 0.0395. The lowest BCUT2D eigenvalue weighted by Crippen LogP contribution is -2.15. The highest BCUT2D eigenvalue weighted by Gasteiger charge is 2.31. The highest BCUT2D eigenvalue weighted by molar-refractivity contribution is 8.18. The van der Waals surface area contributed by atoms with E-state index in [4.69, 9.17) is 14.2 Å². The van der Waals surface area contributed by atoms with E-state index in [2.05, 4.69) is 4.40 Å². The van der Waals surface area contributed by atoms with E-state index in [1.54, 1.807) is 0 Å². The number of nitrogens with zero attached hydrogens (tertiary/aromatic N) is 1. The summed E-state index contributed by atoms with van der Waals surface area (Å²) in [6, 6.07) is 4.25. The third-order valence-electron chi connectivity index (χ3n) is 4.40. The van der Waals surface area contributed by atoms with Crippen LogP contribution in [-0.2, 0) is 14.8 Å². The van der Waals surface area contributed by atoms with E-state index in [9.17, 15) is 13.5 Å². The van der Waals surface area contributed by atoms with Gasteiger partial charge in [0, 0.05) is 11.6 Å². The largest absolute Gasteiger partial charge is 0.616 e. The molecule has 0 saturated carbocycles. The van der Waals surface area contributed by atoms with Crippen molar-refractivity contribution in [3.8, 4) is 11.5 Å². The van der Waals surface area contributed by atoms with E-state index in [1.165, 1.54) is 51.3 Å². The van der Waals surface area contributed by atoms with Gasteiger partial charge in [0.1, 0.15) is 5.04 Å². The molecule has 2 aliphatic rings. The molecule has 1 aromatic carbocycles. The number of thioether (sulfide) groups is 1. The van der Waals surface area contributed by atoms with E-state index >= 15 is 0 Å². The molecular formula is C18H20NO6S2-. The lowest BCUT2D eigenvalue weighted by atomic mass is 9.94. The maximum absolute atomic E-state index is 12.8. The number of benzene rings is 1. The van der Waals surface area contributed by atoms with Crippen molar-refractivity contribution in [2.75, 3.05) is 21.3 Å². The smallest absolute Gasteiger partial charge is 0.283 e. The molecule has 3 rings (SSSR count). The predicted molar refractivity (Wildman–Crippen MR) is 101 cm³/mol. The highest BCUT2D eigenvalue weighted by atomic mass is 32.2. The zero-order chi connectivity index (χ0) is 19.6. The van der Waals surface area contributed by atoms with Crippen molar-refractivity contribution in [2.45, 2.75) is 30.6 Å². The van der Waals surface area contributed by atoms with E-state index in [1.807, 2.05) is 0 Å². The molecule has 1 heterocycles. The van der Waals surface area contributed by atoms with Crippen LogP contribution in [-0.4, -0.2) is 34.8 Å². The van der Waals surface area contributed by atoms with Crippen molar-refractivity contribution in [2.24, 2.45) is 4.40 Å². The number of hydrogen-bond acceptors (Lipinski definition) is 7. The Hall–Kier alpha value is -2.13. The second kappa shape index (κ2) is 7.85. The first kappa shape index (κ1) is 19.6. The zero-order valence-corrected chi connectivity index (χ0v) is 16.9. The van der Waals surface area contributed by atoms with Crippen molar-refractivity contribution in [1.82, 2.24) is 0 Å². The first-order chi connectivity index (χ1) is 12.9. The zero-order valence-electron chi connectivity index (χ0n) is 15.3. The van der Waals surface area contributed by atoms with Gasteiger partial charge in [-0.25, -0.2) is 0 Å². The molecule has 0 atom stereocenters. The Morgan fingerprint density at radius 1 is 1.11 bits per heavy atom. The summed E-state index contributed by atoms with van der Waals surface area (Å²) in [5, 5.41) is 12.4. The number of sulfonamides is 1. The summed E-state index contributed by atoms with van der Waals surface area (Å²) in [7, 11) is 0.129. The molecule has 9 heteroatoms.